The molecule has 0 amide bonds. The van der Waals surface area contributed by atoms with E-state index in [2.05, 4.69) is 26.9 Å². The summed E-state index contributed by atoms with van der Waals surface area (Å²) < 4.78 is 0. The van der Waals surface area contributed by atoms with E-state index in [0.717, 1.165) is 55.7 Å². The highest BCUT2D eigenvalue weighted by atomic mass is 35.5. The van der Waals surface area contributed by atoms with Gasteiger partial charge in [-0.05, 0) is 49.9 Å². The van der Waals surface area contributed by atoms with E-state index in [1.165, 1.54) is 24.1 Å². The molecule has 1 fully saturated rings. The third-order valence-electron chi connectivity index (χ3n) is 4.96. The van der Waals surface area contributed by atoms with E-state index >= 15 is 0 Å². The number of anilines is 3. The lowest BCUT2D eigenvalue weighted by molar-refractivity contribution is 0.626. The standard InChI is InChI=1S/C18H22ClN5/c19-13-5-7-14(8-6-13)23-9-11-24(12-10-23)18-21-16-4-2-1-3-15(16)17(20)22-18/h5-8H,1-4,9-12H2,(H2,20,21,22). The molecule has 4 rings (SSSR count). The summed E-state index contributed by atoms with van der Waals surface area (Å²) in [7, 11) is 0. The molecule has 0 atom stereocenters. The Hall–Kier alpha value is -2.01. The number of fused-ring (bicyclic) bond motifs is 1. The van der Waals surface area contributed by atoms with E-state index in [1.54, 1.807) is 0 Å². The summed E-state index contributed by atoms with van der Waals surface area (Å²) >= 11 is 5.97. The Kier molecular flexibility index (Phi) is 4.19. The normalized spacial score (nSPS) is 17.7. The number of rotatable bonds is 2. The fraction of sp³-hybridized carbons (Fsp3) is 0.444. The summed E-state index contributed by atoms with van der Waals surface area (Å²) in [4.78, 5) is 14.0. The lowest BCUT2D eigenvalue weighted by Gasteiger charge is -2.36. The molecule has 0 saturated carbocycles. The molecule has 2 aromatic rings. The average Bonchev–Trinajstić information content (AvgIpc) is 2.62. The van der Waals surface area contributed by atoms with Gasteiger partial charge < -0.3 is 15.5 Å². The van der Waals surface area contributed by atoms with Crippen LogP contribution in [0.5, 0.6) is 0 Å². The highest BCUT2D eigenvalue weighted by Crippen LogP contribution is 2.27. The van der Waals surface area contributed by atoms with Crippen LogP contribution in [-0.2, 0) is 12.8 Å². The highest BCUT2D eigenvalue weighted by molar-refractivity contribution is 6.30. The molecule has 2 aliphatic rings. The monoisotopic (exact) mass is 343 g/mol. The maximum absolute atomic E-state index is 6.18. The van der Waals surface area contributed by atoms with Crippen LogP contribution < -0.4 is 15.5 Å². The van der Waals surface area contributed by atoms with Crippen molar-refractivity contribution in [2.45, 2.75) is 25.7 Å². The molecule has 1 aliphatic carbocycles. The molecule has 0 bridgehead atoms. The van der Waals surface area contributed by atoms with Gasteiger partial charge in [-0.25, -0.2) is 4.98 Å². The molecular formula is C18H22ClN5. The fourth-order valence-electron chi connectivity index (χ4n) is 3.57. The summed E-state index contributed by atoms with van der Waals surface area (Å²) in [5.41, 5.74) is 9.72. The van der Waals surface area contributed by atoms with E-state index in [1.807, 2.05) is 12.1 Å². The second kappa shape index (κ2) is 6.48. The summed E-state index contributed by atoms with van der Waals surface area (Å²) in [6.07, 6.45) is 4.44. The molecule has 2 N–H and O–H groups in total. The Bertz CT molecular complexity index is 723. The van der Waals surface area contributed by atoms with Gasteiger partial charge in [0, 0.05) is 42.5 Å². The van der Waals surface area contributed by atoms with Crippen LogP contribution in [0.1, 0.15) is 24.1 Å². The largest absolute Gasteiger partial charge is 0.383 e. The number of aryl methyl sites for hydroxylation is 1. The number of nitrogens with two attached hydrogens (primary N) is 1. The predicted molar refractivity (Wildman–Crippen MR) is 99.0 cm³/mol. The minimum Gasteiger partial charge on any atom is -0.383 e. The molecule has 24 heavy (non-hydrogen) atoms. The van der Waals surface area contributed by atoms with Crippen molar-refractivity contribution in [3.8, 4) is 0 Å². The average molecular weight is 344 g/mol. The van der Waals surface area contributed by atoms with Crippen molar-refractivity contribution in [1.82, 2.24) is 9.97 Å². The number of halogens is 1. The van der Waals surface area contributed by atoms with Crippen molar-refractivity contribution in [2.75, 3.05) is 41.7 Å². The SMILES string of the molecule is Nc1nc(N2CCN(c3ccc(Cl)cc3)CC2)nc2c1CCCC2. The molecule has 1 aromatic heterocycles. The lowest BCUT2D eigenvalue weighted by Crippen LogP contribution is -2.47. The topological polar surface area (TPSA) is 58.3 Å². The van der Waals surface area contributed by atoms with Gasteiger partial charge in [0.05, 0.1) is 5.69 Å². The van der Waals surface area contributed by atoms with Gasteiger partial charge in [-0.2, -0.15) is 4.98 Å². The van der Waals surface area contributed by atoms with Crippen LogP contribution in [0.2, 0.25) is 5.02 Å². The first-order valence-corrected chi connectivity index (χ1v) is 8.99. The van der Waals surface area contributed by atoms with Gasteiger partial charge in [-0.15, -0.1) is 0 Å². The summed E-state index contributed by atoms with van der Waals surface area (Å²) in [6, 6.07) is 8.03. The van der Waals surface area contributed by atoms with Crippen molar-refractivity contribution >= 4 is 29.1 Å². The van der Waals surface area contributed by atoms with Crippen molar-refractivity contribution in [3.05, 3.63) is 40.5 Å². The van der Waals surface area contributed by atoms with Gasteiger partial charge in [0.2, 0.25) is 5.95 Å². The molecule has 0 unspecified atom stereocenters. The van der Waals surface area contributed by atoms with Crippen molar-refractivity contribution in [2.24, 2.45) is 0 Å². The quantitative estimate of drug-likeness (QED) is 0.908. The molecule has 1 aliphatic heterocycles. The molecule has 126 valence electrons. The molecule has 6 heteroatoms. The molecule has 1 aromatic carbocycles. The second-order valence-corrected chi connectivity index (χ2v) is 6.93. The number of hydrogen-bond donors (Lipinski definition) is 1. The number of nitrogen functional groups attached to an aromatic ring is 1. The number of aromatic nitrogens is 2. The van der Waals surface area contributed by atoms with Gasteiger partial charge in [-0.3, -0.25) is 0 Å². The zero-order chi connectivity index (χ0) is 16.5. The Morgan fingerprint density at radius 3 is 2.29 bits per heavy atom. The van der Waals surface area contributed by atoms with Crippen molar-refractivity contribution < 1.29 is 0 Å². The summed E-state index contributed by atoms with van der Waals surface area (Å²) in [6.45, 7) is 3.70. The number of hydrogen-bond acceptors (Lipinski definition) is 5. The first-order valence-electron chi connectivity index (χ1n) is 8.61. The molecule has 0 spiro atoms. The van der Waals surface area contributed by atoms with E-state index in [9.17, 15) is 0 Å². The minimum atomic E-state index is 0.676. The van der Waals surface area contributed by atoms with Crippen LogP contribution in [0, 0.1) is 0 Å². The van der Waals surface area contributed by atoms with Gasteiger partial charge >= 0.3 is 0 Å². The fourth-order valence-corrected chi connectivity index (χ4v) is 3.69. The van der Waals surface area contributed by atoms with Crippen LogP contribution >= 0.6 is 11.6 Å². The summed E-state index contributed by atoms with van der Waals surface area (Å²) in [5.74, 6) is 1.47. The van der Waals surface area contributed by atoms with Crippen molar-refractivity contribution in [1.29, 1.82) is 0 Å². The Balaban J connectivity index is 1.48. The Morgan fingerprint density at radius 2 is 1.54 bits per heavy atom. The maximum Gasteiger partial charge on any atom is 0.227 e. The van der Waals surface area contributed by atoms with Gasteiger partial charge in [0.1, 0.15) is 5.82 Å². The van der Waals surface area contributed by atoms with Crippen LogP contribution in [0.3, 0.4) is 0 Å². The van der Waals surface area contributed by atoms with E-state index in [4.69, 9.17) is 22.3 Å². The van der Waals surface area contributed by atoms with Crippen LogP contribution in [0.25, 0.3) is 0 Å². The predicted octanol–water partition coefficient (Wildman–Crippen LogP) is 2.92. The number of benzene rings is 1. The van der Waals surface area contributed by atoms with E-state index < -0.39 is 0 Å². The Labute approximate surface area is 147 Å². The van der Waals surface area contributed by atoms with Gasteiger partial charge in [0.25, 0.3) is 0 Å². The lowest BCUT2D eigenvalue weighted by atomic mass is 9.96. The maximum atomic E-state index is 6.18. The van der Waals surface area contributed by atoms with Crippen LogP contribution in [0.15, 0.2) is 24.3 Å². The van der Waals surface area contributed by atoms with E-state index in [-0.39, 0.29) is 0 Å². The third kappa shape index (κ3) is 3.00. The molecule has 5 nitrogen and oxygen atoms in total. The first-order chi connectivity index (χ1) is 11.7. The zero-order valence-corrected chi connectivity index (χ0v) is 14.5. The molecule has 1 saturated heterocycles. The van der Waals surface area contributed by atoms with Gasteiger partial charge in [-0.1, -0.05) is 11.6 Å². The molecule has 2 heterocycles. The smallest absolute Gasteiger partial charge is 0.227 e. The molecular weight excluding hydrogens is 322 g/mol. The zero-order valence-electron chi connectivity index (χ0n) is 13.7. The number of piperazine rings is 1. The van der Waals surface area contributed by atoms with Crippen LogP contribution in [-0.4, -0.2) is 36.1 Å². The van der Waals surface area contributed by atoms with Crippen LogP contribution in [0.4, 0.5) is 17.5 Å². The van der Waals surface area contributed by atoms with Crippen molar-refractivity contribution in [3.63, 3.8) is 0 Å². The highest BCUT2D eigenvalue weighted by Gasteiger charge is 2.22. The third-order valence-corrected chi connectivity index (χ3v) is 5.21. The minimum absolute atomic E-state index is 0.676. The molecule has 0 radical (unpaired) electrons. The Morgan fingerprint density at radius 1 is 0.875 bits per heavy atom. The van der Waals surface area contributed by atoms with Gasteiger partial charge in [0.15, 0.2) is 0 Å². The van der Waals surface area contributed by atoms with E-state index in [0.29, 0.717) is 5.82 Å². The first kappa shape index (κ1) is 15.5. The summed E-state index contributed by atoms with van der Waals surface area (Å²) in [5, 5.41) is 0.773. The second-order valence-electron chi connectivity index (χ2n) is 6.49. The number of nitrogens with zero attached hydrogens (tertiary/aromatic N) is 4.